The average molecular weight is 1170 g/mol. The van der Waals surface area contributed by atoms with Gasteiger partial charge in [0, 0.05) is 37.2 Å². The van der Waals surface area contributed by atoms with Crippen molar-refractivity contribution in [1.82, 2.24) is 41.5 Å². The quantitative estimate of drug-likeness (QED) is 0.0260. The summed E-state index contributed by atoms with van der Waals surface area (Å²) in [4.78, 5) is 113. The van der Waals surface area contributed by atoms with Crippen LogP contribution < -0.4 is 38.1 Å². The molecule has 0 aliphatic carbocycles. The molecule has 12 N–H and O–H groups in total. The number of carbonyl (C=O) groups excluding carboxylic acids is 7. The number of aliphatic hydroxyl groups excluding tert-OH is 1. The van der Waals surface area contributed by atoms with Crippen molar-refractivity contribution in [3.05, 3.63) is 54.1 Å². The van der Waals surface area contributed by atoms with E-state index in [0.29, 0.717) is 57.5 Å². The third-order valence-corrected chi connectivity index (χ3v) is 15.0. The van der Waals surface area contributed by atoms with Crippen LogP contribution in [0.3, 0.4) is 0 Å². The number of aryl methyl sites for hydroxylation is 1. The number of primary amides is 1. The van der Waals surface area contributed by atoms with Crippen LogP contribution in [0, 0.1) is 5.92 Å². The molecule has 1 fully saturated rings. The summed E-state index contributed by atoms with van der Waals surface area (Å²) < 4.78 is 35.4. The fraction of sp³-hybridized carbons (Fsp3) is 0.704. The zero-order valence-corrected chi connectivity index (χ0v) is 49.5. The SMILES string of the molecule is CC(C)CC(NC(=O)C1CCCN1C(=O)CCOC(C)(C)CCOC(C)(C)CCNC(=O)C(N)CS)C(=O)NC(Cc1cnc[nH]1)C(=O)NC(CO)C(=O)NC(C(N)=O)C(C)OP(=O)(O)OCCCCCCCCc1ccccc1. The van der Waals surface area contributed by atoms with E-state index in [-0.39, 0.29) is 56.0 Å². The predicted molar refractivity (Wildman–Crippen MR) is 303 cm³/mol. The Labute approximate surface area is 476 Å². The molecule has 0 spiro atoms. The van der Waals surface area contributed by atoms with E-state index < -0.39 is 97.5 Å². The van der Waals surface area contributed by atoms with Crippen LogP contribution in [0.15, 0.2) is 42.9 Å². The third-order valence-electron chi connectivity index (χ3n) is 13.5. The Kier molecular flexibility index (Phi) is 30.4. The Bertz CT molecular complexity index is 2280. The standard InChI is InChI=1S/C54H91N10O14PS/c1-36(2)30-41(61-52(72)44-21-17-26-64(44)45(66)22-28-75-54(6,7)24-29-76-53(4,5)23-25-58-48(68)40(55)34-80)49(69)60-42(31-39-32-57-35-59-39)50(70)62-43(33-65)51(71)63-46(47(56)67)37(3)78-79(73,74)77-27-16-11-9-8-10-13-18-38-19-14-12-15-20-38/h12,14-15,19-20,32,35-37,40-44,46,65,80H,8-11,13,16-18,21-31,33-34,55H2,1-7H3,(H2,56,67)(H,57,59)(H,58,68)(H,60,69)(H,61,72)(H,62,70)(H,63,71)(H,73,74). The monoisotopic (exact) mass is 1170 g/mol. The number of likely N-dealkylation sites (tertiary alicyclic amines) is 1. The first-order valence-corrected chi connectivity index (χ1v) is 29.9. The molecule has 1 saturated heterocycles. The van der Waals surface area contributed by atoms with E-state index in [4.69, 9.17) is 30.0 Å². The highest BCUT2D eigenvalue weighted by atomic mass is 32.1. The van der Waals surface area contributed by atoms with E-state index >= 15 is 0 Å². The number of phosphoric ester groups is 1. The molecule has 2 heterocycles. The molecule has 1 aromatic heterocycles. The number of ether oxygens (including phenoxy) is 2. The first kappa shape index (κ1) is 69.3. The molecule has 1 aliphatic heterocycles. The van der Waals surface area contributed by atoms with Gasteiger partial charge in [-0.3, -0.25) is 42.6 Å². The van der Waals surface area contributed by atoms with Crippen molar-refractivity contribution in [3.63, 3.8) is 0 Å². The van der Waals surface area contributed by atoms with Gasteiger partial charge in [0.05, 0.1) is 62.5 Å². The molecule has 0 saturated carbocycles. The number of aromatic amines is 1. The molecule has 8 unspecified atom stereocenters. The first-order chi connectivity index (χ1) is 37.8. The Hall–Kier alpha value is -4.98. The van der Waals surface area contributed by atoms with Crippen LogP contribution in [0.25, 0.3) is 0 Å². The topological polar surface area (TPSA) is 358 Å². The maximum atomic E-state index is 14.1. The zero-order valence-electron chi connectivity index (χ0n) is 47.7. The van der Waals surface area contributed by atoms with Crippen molar-refractivity contribution in [2.75, 3.05) is 45.3 Å². The second-order valence-corrected chi connectivity index (χ2v) is 23.7. The number of hydrogen-bond acceptors (Lipinski definition) is 16. The molecule has 24 nitrogen and oxygen atoms in total. The van der Waals surface area contributed by atoms with Gasteiger partial charge < -0.3 is 67.4 Å². The number of phosphoric acid groups is 1. The van der Waals surface area contributed by atoms with Crippen LogP contribution in [0.2, 0.25) is 0 Å². The van der Waals surface area contributed by atoms with Gasteiger partial charge in [-0.2, -0.15) is 12.6 Å². The van der Waals surface area contributed by atoms with Gasteiger partial charge in [-0.1, -0.05) is 69.9 Å². The van der Waals surface area contributed by atoms with Crippen molar-refractivity contribution in [1.29, 1.82) is 0 Å². The lowest BCUT2D eigenvalue weighted by molar-refractivity contribution is -0.141. The molecule has 0 bridgehead atoms. The second kappa shape index (κ2) is 35.1. The largest absolute Gasteiger partial charge is 0.472 e. The van der Waals surface area contributed by atoms with Crippen LogP contribution in [-0.2, 0) is 69.5 Å². The van der Waals surface area contributed by atoms with Crippen LogP contribution in [0.1, 0.15) is 137 Å². The number of nitrogens with one attached hydrogen (secondary N) is 6. The highest BCUT2D eigenvalue weighted by molar-refractivity contribution is 7.80. The maximum Gasteiger partial charge on any atom is 0.472 e. The van der Waals surface area contributed by atoms with Crippen molar-refractivity contribution < 1.29 is 66.6 Å². The predicted octanol–water partition coefficient (Wildman–Crippen LogP) is 2.65. The van der Waals surface area contributed by atoms with Gasteiger partial charge in [-0.15, -0.1) is 0 Å². The number of nitrogens with zero attached hydrogens (tertiary/aromatic N) is 2. The summed E-state index contributed by atoms with van der Waals surface area (Å²) in [5, 5.41) is 23.2. The molecule has 452 valence electrons. The Morgan fingerprint density at radius 2 is 1.46 bits per heavy atom. The molecular weight excluding hydrogens is 1080 g/mol. The van der Waals surface area contributed by atoms with Crippen molar-refractivity contribution in [2.45, 2.75) is 192 Å². The summed E-state index contributed by atoms with van der Waals surface area (Å²) in [6.07, 6.45) is 9.38. The molecule has 1 aliphatic rings. The molecule has 26 heteroatoms. The van der Waals surface area contributed by atoms with Gasteiger partial charge >= 0.3 is 7.82 Å². The fourth-order valence-electron chi connectivity index (χ4n) is 8.79. The zero-order chi connectivity index (χ0) is 59.5. The minimum Gasteiger partial charge on any atom is -0.394 e. The van der Waals surface area contributed by atoms with E-state index in [1.54, 1.807) is 0 Å². The third kappa shape index (κ3) is 26.3. The number of benzene rings is 1. The number of aliphatic hydroxyl groups is 1. The summed E-state index contributed by atoms with van der Waals surface area (Å²) in [6.45, 7) is 12.5. The van der Waals surface area contributed by atoms with E-state index in [2.05, 4.69) is 61.3 Å². The Balaban J connectivity index is 1.55. The van der Waals surface area contributed by atoms with Gasteiger partial charge in [0.1, 0.15) is 30.2 Å². The summed E-state index contributed by atoms with van der Waals surface area (Å²) in [5.74, 6) is -5.00. The lowest BCUT2D eigenvalue weighted by Gasteiger charge is -2.30. The van der Waals surface area contributed by atoms with Crippen LogP contribution in [0.4, 0.5) is 0 Å². The Morgan fingerprint density at radius 1 is 0.838 bits per heavy atom. The summed E-state index contributed by atoms with van der Waals surface area (Å²) in [7, 11) is -4.74. The number of amides is 7. The molecule has 3 rings (SSSR count). The highest BCUT2D eigenvalue weighted by Crippen LogP contribution is 2.45. The van der Waals surface area contributed by atoms with E-state index in [1.807, 2.05) is 59.7 Å². The number of imidazole rings is 1. The molecule has 0 radical (unpaired) electrons. The number of nitrogens with two attached hydrogens (primary N) is 2. The highest BCUT2D eigenvalue weighted by Gasteiger charge is 2.39. The number of rotatable bonds is 40. The summed E-state index contributed by atoms with van der Waals surface area (Å²) in [6, 6.07) is 2.60. The average Bonchev–Trinajstić information content (AvgIpc) is 4.11. The molecule has 1 aromatic carbocycles. The van der Waals surface area contributed by atoms with E-state index in [1.165, 1.54) is 29.9 Å². The second-order valence-electron chi connectivity index (χ2n) is 21.9. The van der Waals surface area contributed by atoms with Gasteiger partial charge in [0.2, 0.25) is 41.4 Å². The maximum absolute atomic E-state index is 14.1. The van der Waals surface area contributed by atoms with Gasteiger partial charge in [0.15, 0.2) is 0 Å². The molecule has 8 atom stereocenters. The number of aromatic nitrogens is 2. The normalized spacial score (nSPS) is 16.9. The summed E-state index contributed by atoms with van der Waals surface area (Å²) in [5.41, 5.74) is 11.8. The lowest BCUT2D eigenvalue weighted by Crippen LogP contribution is -2.61. The van der Waals surface area contributed by atoms with E-state index in [0.717, 1.165) is 38.5 Å². The van der Waals surface area contributed by atoms with Crippen molar-refractivity contribution in [3.8, 4) is 0 Å². The van der Waals surface area contributed by atoms with Gasteiger partial charge in [-0.25, -0.2) is 9.55 Å². The van der Waals surface area contributed by atoms with Crippen LogP contribution >= 0.6 is 20.5 Å². The lowest BCUT2D eigenvalue weighted by atomic mass is 10.0. The minimum atomic E-state index is -4.74. The van der Waals surface area contributed by atoms with E-state index in [9.17, 15) is 48.1 Å². The van der Waals surface area contributed by atoms with Crippen LogP contribution in [-0.4, -0.2) is 165 Å². The minimum absolute atomic E-state index is 0.00628. The summed E-state index contributed by atoms with van der Waals surface area (Å²) >= 11 is 4.05. The number of hydrogen-bond donors (Lipinski definition) is 11. The molecule has 2 aromatic rings. The Morgan fingerprint density at radius 3 is 2.10 bits per heavy atom. The number of H-pyrrole nitrogens is 1. The number of unbranched alkanes of at least 4 members (excludes halogenated alkanes) is 5. The van der Waals surface area contributed by atoms with Gasteiger partial charge in [0.25, 0.3) is 0 Å². The first-order valence-electron chi connectivity index (χ1n) is 27.8. The van der Waals surface area contributed by atoms with Gasteiger partial charge in [-0.05, 0) is 97.5 Å². The van der Waals surface area contributed by atoms with Crippen LogP contribution in [0.5, 0.6) is 0 Å². The smallest absolute Gasteiger partial charge is 0.394 e. The molecule has 80 heavy (non-hydrogen) atoms. The molecule has 7 amide bonds. The van der Waals surface area contributed by atoms with Crippen molar-refractivity contribution in [2.24, 2.45) is 17.4 Å². The number of carbonyl (C=O) groups is 7. The fourth-order valence-corrected chi connectivity index (χ4v) is 9.92. The molecular formula is C54H91N10O14PS. The van der Waals surface area contributed by atoms with Crippen molar-refractivity contribution >= 4 is 61.8 Å². The number of thiol groups is 1.